The first-order valence-corrected chi connectivity index (χ1v) is 5.09. The zero-order valence-corrected chi connectivity index (χ0v) is 9.29. The van der Waals surface area contributed by atoms with E-state index in [0.717, 1.165) is 19.4 Å². The van der Waals surface area contributed by atoms with E-state index in [4.69, 9.17) is 9.53 Å². The van der Waals surface area contributed by atoms with E-state index in [0.29, 0.717) is 0 Å². The summed E-state index contributed by atoms with van der Waals surface area (Å²) in [6.45, 7) is 9.40. The molecule has 0 aromatic rings. The molecule has 0 bridgehead atoms. The molecule has 0 fully saturated rings. The number of nitrogens with zero attached hydrogens (tertiary/aromatic N) is 1. The smallest absolute Gasteiger partial charge is 0.239 e. The maximum absolute atomic E-state index is 9.04. The van der Waals surface area contributed by atoms with E-state index in [1.165, 1.54) is 31.8 Å². The van der Waals surface area contributed by atoms with Crippen LogP contribution >= 0.6 is 0 Å². The second kappa shape index (κ2) is 18.0. The van der Waals surface area contributed by atoms with Gasteiger partial charge in [0.15, 0.2) is 0 Å². The minimum Gasteiger partial charge on any atom is -0.381 e. The molecule has 14 heavy (non-hydrogen) atoms. The first-order valence-electron chi connectivity index (χ1n) is 5.09. The second-order valence-electron chi connectivity index (χ2n) is 2.72. The maximum atomic E-state index is 9.04. The normalized spacial score (nSPS) is 8.14. The van der Waals surface area contributed by atoms with Gasteiger partial charge < -0.3 is 4.74 Å². The Balaban J connectivity index is 0. The number of hydrogen-bond donors (Lipinski definition) is 0. The van der Waals surface area contributed by atoms with Gasteiger partial charge in [0.05, 0.1) is 0 Å². The van der Waals surface area contributed by atoms with Crippen molar-refractivity contribution in [1.29, 1.82) is 0 Å². The largest absolute Gasteiger partial charge is 0.381 e. The molecule has 3 heteroatoms. The van der Waals surface area contributed by atoms with Gasteiger partial charge in [-0.15, -0.1) is 0 Å². The van der Waals surface area contributed by atoms with Gasteiger partial charge in [0.25, 0.3) is 0 Å². The minimum absolute atomic E-state index is 0.955. The molecular formula is C11H21NO2. The molecule has 3 nitrogen and oxygen atoms in total. The van der Waals surface area contributed by atoms with Crippen LogP contribution in [-0.2, 0) is 9.53 Å². The molecule has 0 aliphatic rings. The molecule has 0 aromatic carbocycles. The Morgan fingerprint density at radius 1 is 1.29 bits per heavy atom. The number of carbonyl (C=O) groups excluding carboxylic acids is 1. The SMILES string of the molecule is C=CN=C=O.CCCCOCCCC. The van der Waals surface area contributed by atoms with Crippen molar-refractivity contribution >= 4 is 6.08 Å². The third kappa shape index (κ3) is 22.5. The van der Waals surface area contributed by atoms with Crippen LogP contribution in [0.1, 0.15) is 39.5 Å². The lowest BCUT2D eigenvalue weighted by atomic mass is 10.3. The molecule has 0 aromatic heterocycles. The summed E-state index contributed by atoms with van der Waals surface area (Å²) in [4.78, 5) is 12.0. The average Bonchev–Trinajstić information content (AvgIpc) is 2.20. The van der Waals surface area contributed by atoms with E-state index in [1.54, 1.807) is 0 Å². The van der Waals surface area contributed by atoms with Gasteiger partial charge in [0.1, 0.15) is 0 Å². The third-order valence-electron chi connectivity index (χ3n) is 1.43. The van der Waals surface area contributed by atoms with Crippen molar-refractivity contribution in [3.05, 3.63) is 12.8 Å². The van der Waals surface area contributed by atoms with Crippen LogP contribution in [0.15, 0.2) is 17.8 Å². The highest BCUT2D eigenvalue weighted by Gasteiger charge is 1.84. The van der Waals surface area contributed by atoms with Crippen LogP contribution in [0.25, 0.3) is 0 Å². The molecule has 0 aliphatic heterocycles. The van der Waals surface area contributed by atoms with Crippen LogP contribution in [-0.4, -0.2) is 19.3 Å². The highest BCUT2D eigenvalue weighted by Crippen LogP contribution is 1.91. The van der Waals surface area contributed by atoms with Gasteiger partial charge in [-0.05, 0) is 12.8 Å². The average molecular weight is 199 g/mol. The summed E-state index contributed by atoms with van der Waals surface area (Å²) in [6.07, 6.45) is 7.31. The lowest BCUT2D eigenvalue weighted by molar-refractivity contribution is 0.128. The molecule has 0 atom stereocenters. The Morgan fingerprint density at radius 3 is 2.00 bits per heavy atom. The zero-order valence-electron chi connectivity index (χ0n) is 9.29. The summed E-state index contributed by atoms with van der Waals surface area (Å²) in [5.74, 6) is 0. The predicted molar refractivity (Wildman–Crippen MR) is 59.0 cm³/mol. The number of rotatable bonds is 7. The quantitative estimate of drug-likeness (QED) is 0.359. The fourth-order valence-corrected chi connectivity index (χ4v) is 0.632. The highest BCUT2D eigenvalue weighted by atomic mass is 16.5. The third-order valence-corrected chi connectivity index (χ3v) is 1.43. The van der Waals surface area contributed by atoms with E-state index in [-0.39, 0.29) is 0 Å². The Bertz CT molecular complexity index is 145. The topological polar surface area (TPSA) is 38.7 Å². The van der Waals surface area contributed by atoms with Crippen molar-refractivity contribution in [2.75, 3.05) is 13.2 Å². The lowest BCUT2D eigenvalue weighted by Gasteiger charge is -1.99. The van der Waals surface area contributed by atoms with Gasteiger partial charge in [0.2, 0.25) is 6.08 Å². The molecule has 82 valence electrons. The van der Waals surface area contributed by atoms with Crippen molar-refractivity contribution in [1.82, 2.24) is 0 Å². The first-order chi connectivity index (χ1) is 6.83. The van der Waals surface area contributed by atoms with Gasteiger partial charge in [-0.25, -0.2) is 4.79 Å². The van der Waals surface area contributed by atoms with Crippen molar-refractivity contribution < 1.29 is 9.53 Å². The van der Waals surface area contributed by atoms with Crippen molar-refractivity contribution in [2.24, 2.45) is 4.99 Å². The molecule has 0 saturated carbocycles. The molecule has 0 spiro atoms. The number of ether oxygens (including phenoxy) is 1. The number of aliphatic imine (C=N–C) groups is 1. The van der Waals surface area contributed by atoms with E-state index in [2.05, 4.69) is 25.4 Å². The molecule has 0 rings (SSSR count). The van der Waals surface area contributed by atoms with Crippen LogP contribution in [0.3, 0.4) is 0 Å². The van der Waals surface area contributed by atoms with E-state index in [9.17, 15) is 0 Å². The van der Waals surface area contributed by atoms with Crippen LogP contribution in [0.2, 0.25) is 0 Å². The molecule has 0 heterocycles. The summed E-state index contributed by atoms with van der Waals surface area (Å²) in [7, 11) is 0. The Labute approximate surface area is 86.9 Å². The fourth-order valence-electron chi connectivity index (χ4n) is 0.632. The van der Waals surface area contributed by atoms with Crippen molar-refractivity contribution in [2.45, 2.75) is 39.5 Å². The van der Waals surface area contributed by atoms with Crippen LogP contribution in [0.4, 0.5) is 0 Å². The summed E-state index contributed by atoms with van der Waals surface area (Å²) < 4.78 is 5.31. The summed E-state index contributed by atoms with van der Waals surface area (Å²) >= 11 is 0. The Morgan fingerprint density at radius 2 is 1.79 bits per heavy atom. The van der Waals surface area contributed by atoms with Crippen LogP contribution in [0.5, 0.6) is 0 Å². The van der Waals surface area contributed by atoms with Crippen molar-refractivity contribution in [3.63, 3.8) is 0 Å². The summed E-state index contributed by atoms with van der Waals surface area (Å²) in [6, 6.07) is 0. The molecule has 0 saturated heterocycles. The Kier molecular flexibility index (Phi) is 20.0. The molecular weight excluding hydrogens is 178 g/mol. The van der Waals surface area contributed by atoms with Gasteiger partial charge in [-0.2, -0.15) is 4.99 Å². The van der Waals surface area contributed by atoms with E-state index < -0.39 is 0 Å². The van der Waals surface area contributed by atoms with Gasteiger partial charge in [0, 0.05) is 19.4 Å². The molecule has 0 radical (unpaired) electrons. The monoisotopic (exact) mass is 199 g/mol. The van der Waals surface area contributed by atoms with Crippen LogP contribution < -0.4 is 0 Å². The van der Waals surface area contributed by atoms with Crippen LogP contribution in [0, 0.1) is 0 Å². The second-order valence-corrected chi connectivity index (χ2v) is 2.72. The van der Waals surface area contributed by atoms with E-state index in [1.807, 2.05) is 0 Å². The van der Waals surface area contributed by atoms with Crippen molar-refractivity contribution in [3.8, 4) is 0 Å². The first kappa shape index (κ1) is 15.5. The predicted octanol–water partition coefficient (Wildman–Crippen LogP) is 3.07. The number of isocyanates is 1. The summed E-state index contributed by atoms with van der Waals surface area (Å²) in [5.41, 5.74) is 0. The van der Waals surface area contributed by atoms with E-state index >= 15 is 0 Å². The molecule has 0 amide bonds. The maximum Gasteiger partial charge on any atom is 0.239 e. The minimum atomic E-state index is 0.955. The summed E-state index contributed by atoms with van der Waals surface area (Å²) in [5, 5.41) is 0. The lowest BCUT2D eigenvalue weighted by Crippen LogP contribution is -1.95. The molecule has 0 aliphatic carbocycles. The van der Waals surface area contributed by atoms with Gasteiger partial charge >= 0.3 is 0 Å². The zero-order chi connectivity index (χ0) is 11.1. The van der Waals surface area contributed by atoms with Gasteiger partial charge in [-0.1, -0.05) is 33.3 Å². The highest BCUT2D eigenvalue weighted by molar-refractivity contribution is 5.34. The Hall–Kier alpha value is -0.920. The molecule has 0 N–H and O–H groups in total. The fraction of sp³-hybridized carbons (Fsp3) is 0.727. The molecule has 0 unspecified atom stereocenters. The van der Waals surface area contributed by atoms with Gasteiger partial charge in [-0.3, -0.25) is 0 Å². The standard InChI is InChI=1S/C8H18O.C3H3NO/c1-3-5-7-9-8-6-4-2;1-2-4-3-5/h3-8H2,1-2H3;2H,1H2. The number of unbranched alkanes of at least 4 members (excludes halogenated alkanes) is 2. The number of hydrogen-bond acceptors (Lipinski definition) is 3.